The summed E-state index contributed by atoms with van der Waals surface area (Å²) < 4.78 is 5.77. The number of amides is 2. The molecular weight excluding hydrogens is 568 g/mol. The van der Waals surface area contributed by atoms with Crippen molar-refractivity contribution in [3.63, 3.8) is 0 Å². The number of ether oxygens (including phenoxy) is 1. The minimum Gasteiger partial charge on any atom is -0.495 e. The van der Waals surface area contributed by atoms with E-state index < -0.39 is 0 Å². The lowest BCUT2D eigenvalue weighted by molar-refractivity contribution is -0.133. The molecule has 11 heteroatoms. The second-order valence-electron chi connectivity index (χ2n) is 14.3. The van der Waals surface area contributed by atoms with Crippen molar-refractivity contribution in [2.24, 2.45) is 5.41 Å². The van der Waals surface area contributed by atoms with Gasteiger partial charge in [-0.1, -0.05) is 12.8 Å². The lowest BCUT2D eigenvalue weighted by Crippen LogP contribution is -2.57. The third-order valence-electron chi connectivity index (χ3n) is 11.4. The highest BCUT2D eigenvalue weighted by Gasteiger charge is 2.56. The molecule has 1 aromatic carbocycles. The average Bonchev–Trinajstić information content (AvgIpc) is 3.67. The molecule has 3 saturated carbocycles. The van der Waals surface area contributed by atoms with Gasteiger partial charge in [0.2, 0.25) is 5.91 Å². The molecule has 3 aliphatic heterocycles. The van der Waals surface area contributed by atoms with Crippen LogP contribution in [0.2, 0.25) is 0 Å². The fourth-order valence-electron chi connectivity index (χ4n) is 8.32. The first kappa shape index (κ1) is 30.6. The number of likely N-dealkylation sites (N-methyl/N-ethyl adjacent to an activating group) is 2. The van der Waals surface area contributed by atoms with Crippen LogP contribution in [0.15, 0.2) is 29.7 Å². The van der Waals surface area contributed by atoms with Crippen molar-refractivity contribution in [1.82, 2.24) is 35.6 Å². The Morgan fingerprint density at radius 3 is 2.40 bits per heavy atom. The van der Waals surface area contributed by atoms with Gasteiger partial charge >= 0.3 is 0 Å². The Morgan fingerprint density at radius 2 is 1.71 bits per heavy atom. The predicted molar refractivity (Wildman–Crippen MR) is 175 cm³/mol. The number of hydrogen-bond acceptors (Lipinski definition) is 9. The van der Waals surface area contributed by atoms with Gasteiger partial charge in [-0.25, -0.2) is 0 Å². The molecule has 0 bridgehead atoms. The molecule has 7 rings (SSSR count). The molecule has 3 heterocycles. The number of rotatable bonds is 7. The van der Waals surface area contributed by atoms with Crippen molar-refractivity contribution < 1.29 is 14.3 Å². The summed E-state index contributed by atoms with van der Waals surface area (Å²) in [6.45, 7) is 5.98. The molecule has 4 fully saturated rings. The quantitative estimate of drug-likeness (QED) is 0.366. The third-order valence-corrected chi connectivity index (χ3v) is 11.4. The Hall–Kier alpha value is -3.02. The van der Waals surface area contributed by atoms with E-state index in [-0.39, 0.29) is 29.6 Å². The van der Waals surface area contributed by atoms with Crippen LogP contribution in [0.5, 0.6) is 5.75 Å². The summed E-state index contributed by atoms with van der Waals surface area (Å²) in [6, 6.07) is 6.97. The molecule has 1 atom stereocenters. The largest absolute Gasteiger partial charge is 0.495 e. The van der Waals surface area contributed by atoms with Crippen molar-refractivity contribution in [3.05, 3.63) is 35.3 Å². The fraction of sp³-hybridized carbons (Fsp3) is 0.706. The zero-order chi connectivity index (χ0) is 31.1. The van der Waals surface area contributed by atoms with Gasteiger partial charge < -0.3 is 35.4 Å². The normalized spacial score (nSPS) is 29.3. The van der Waals surface area contributed by atoms with Gasteiger partial charge in [-0.15, -0.1) is 0 Å². The van der Waals surface area contributed by atoms with Gasteiger partial charge in [0.25, 0.3) is 5.91 Å². The minimum atomic E-state index is -0.256. The smallest absolute Gasteiger partial charge is 0.251 e. The van der Waals surface area contributed by atoms with E-state index in [1.165, 1.54) is 25.7 Å². The lowest BCUT2D eigenvalue weighted by Gasteiger charge is -2.41. The van der Waals surface area contributed by atoms with Gasteiger partial charge in [0, 0.05) is 70.0 Å². The van der Waals surface area contributed by atoms with E-state index >= 15 is 0 Å². The molecule has 246 valence electrons. The molecule has 1 spiro atoms. The maximum Gasteiger partial charge on any atom is 0.251 e. The van der Waals surface area contributed by atoms with E-state index in [1.807, 2.05) is 30.1 Å². The van der Waals surface area contributed by atoms with Crippen molar-refractivity contribution in [3.8, 4) is 5.75 Å². The maximum absolute atomic E-state index is 13.4. The molecule has 1 aromatic rings. The molecule has 3 aliphatic carbocycles. The summed E-state index contributed by atoms with van der Waals surface area (Å²) in [5.74, 6) is 1.90. The summed E-state index contributed by atoms with van der Waals surface area (Å²) in [4.78, 5) is 36.2. The van der Waals surface area contributed by atoms with E-state index in [2.05, 4.69) is 43.0 Å². The van der Waals surface area contributed by atoms with Gasteiger partial charge in [0.15, 0.2) is 6.29 Å². The third kappa shape index (κ3) is 6.23. The average molecular weight is 621 g/mol. The highest BCUT2D eigenvalue weighted by Crippen LogP contribution is 2.51. The Morgan fingerprint density at radius 1 is 0.978 bits per heavy atom. The van der Waals surface area contributed by atoms with E-state index in [1.54, 1.807) is 7.11 Å². The second-order valence-corrected chi connectivity index (χ2v) is 14.3. The number of carbonyl (C=O) groups excluding carboxylic acids is 2. The van der Waals surface area contributed by atoms with E-state index in [9.17, 15) is 9.59 Å². The first-order chi connectivity index (χ1) is 21.8. The van der Waals surface area contributed by atoms with E-state index in [4.69, 9.17) is 4.74 Å². The minimum absolute atomic E-state index is 0.0426. The molecule has 1 saturated heterocycles. The fourth-order valence-corrected chi connectivity index (χ4v) is 8.32. The number of nitrogens with one attached hydrogen (secondary N) is 4. The van der Waals surface area contributed by atoms with Crippen molar-refractivity contribution in [2.45, 2.75) is 88.6 Å². The van der Waals surface area contributed by atoms with Crippen LogP contribution in [0, 0.1) is 5.41 Å². The summed E-state index contributed by atoms with van der Waals surface area (Å²) in [5, 5.41) is 14.1. The number of carbonyl (C=O) groups is 2. The Bertz CT molecular complexity index is 1290. The second kappa shape index (κ2) is 12.6. The molecule has 6 aliphatic rings. The zero-order valence-electron chi connectivity index (χ0n) is 27.4. The van der Waals surface area contributed by atoms with Crippen LogP contribution < -0.4 is 26.0 Å². The number of hydrogen-bond donors (Lipinski definition) is 4. The first-order valence-corrected chi connectivity index (χ1v) is 17.3. The van der Waals surface area contributed by atoms with Crippen LogP contribution in [0.4, 0.5) is 5.69 Å². The topological polar surface area (TPSA) is 104 Å². The number of anilines is 1. The SMILES string of the molecule is COc1cc(C(=O)N[C@H]2CC[C@@H](N3CCN(C)CC3)CC2)ccc1NC1NCC2=C(N1)N(C1CCCC1)CC1(CC1)C(=O)N2C. The van der Waals surface area contributed by atoms with Crippen LogP contribution >= 0.6 is 0 Å². The number of benzene rings is 1. The van der Waals surface area contributed by atoms with Gasteiger partial charge in [-0.3, -0.25) is 19.8 Å². The van der Waals surface area contributed by atoms with Crippen LogP contribution in [-0.2, 0) is 4.79 Å². The Balaban J connectivity index is 0.986. The van der Waals surface area contributed by atoms with E-state index in [0.717, 1.165) is 88.5 Å². The van der Waals surface area contributed by atoms with Crippen molar-refractivity contribution in [2.75, 3.05) is 65.8 Å². The molecule has 0 radical (unpaired) electrons. The Labute approximate surface area is 268 Å². The maximum atomic E-state index is 13.4. The van der Waals surface area contributed by atoms with Crippen LogP contribution in [-0.4, -0.2) is 116 Å². The summed E-state index contributed by atoms with van der Waals surface area (Å²) >= 11 is 0. The van der Waals surface area contributed by atoms with Crippen molar-refractivity contribution in [1.29, 1.82) is 0 Å². The first-order valence-electron chi connectivity index (χ1n) is 17.3. The van der Waals surface area contributed by atoms with Gasteiger partial charge in [0.05, 0.1) is 23.9 Å². The molecule has 2 amide bonds. The zero-order valence-corrected chi connectivity index (χ0v) is 27.4. The number of methoxy groups -OCH3 is 1. The highest BCUT2D eigenvalue weighted by molar-refractivity contribution is 5.95. The number of piperazine rings is 1. The van der Waals surface area contributed by atoms with Crippen LogP contribution in [0.25, 0.3) is 0 Å². The highest BCUT2D eigenvalue weighted by atomic mass is 16.5. The molecular formula is C34H52N8O3. The van der Waals surface area contributed by atoms with E-state index in [0.29, 0.717) is 29.9 Å². The summed E-state index contributed by atoms with van der Waals surface area (Å²) in [6.07, 6.45) is 10.9. The molecule has 1 unspecified atom stereocenters. The molecule has 11 nitrogen and oxygen atoms in total. The van der Waals surface area contributed by atoms with Gasteiger partial charge in [-0.05, 0) is 76.6 Å². The van der Waals surface area contributed by atoms with Crippen LogP contribution in [0.3, 0.4) is 0 Å². The number of nitrogens with zero attached hydrogens (tertiary/aromatic N) is 4. The summed E-state index contributed by atoms with van der Waals surface area (Å²) in [5.41, 5.74) is 2.20. The molecule has 4 N–H and O–H groups in total. The monoisotopic (exact) mass is 620 g/mol. The van der Waals surface area contributed by atoms with Gasteiger partial charge in [-0.2, -0.15) is 0 Å². The van der Waals surface area contributed by atoms with Gasteiger partial charge in [0.1, 0.15) is 11.6 Å². The Kier molecular flexibility index (Phi) is 8.60. The molecule has 0 aromatic heterocycles. The predicted octanol–water partition coefficient (Wildman–Crippen LogP) is 2.54. The summed E-state index contributed by atoms with van der Waals surface area (Å²) in [7, 11) is 5.78. The lowest BCUT2D eigenvalue weighted by atomic mass is 9.89. The molecule has 45 heavy (non-hydrogen) atoms. The van der Waals surface area contributed by atoms with Crippen LogP contribution in [0.1, 0.15) is 74.6 Å². The standard InChI is InChI=1S/C34H52N8O3/c1-39-16-18-41(19-17-39)25-11-9-24(10-12-25)36-31(43)23-8-13-27(29(20-23)45-3)37-33-35-21-28-30(38-33)42(26-6-4-5-7-26)22-34(14-15-34)32(44)40(28)2/h8,13,20,24-26,33,35,37-38H,4-7,9-12,14-19,21-22H2,1-3H3,(H,36,43)/t24-,25+,33?. The van der Waals surface area contributed by atoms with Crippen molar-refractivity contribution >= 4 is 17.5 Å².